The topological polar surface area (TPSA) is 348 Å². The minimum Gasteiger partial charge on any atom is -0.508 e. The van der Waals surface area contributed by atoms with Crippen LogP contribution >= 0.6 is 0 Å². The number of hydrogen-bond acceptors (Lipinski definition) is 25. The van der Waals surface area contributed by atoms with Crippen molar-refractivity contribution < 1.29 is 100 Å². The summed E-state index contributed by atoms with van der Waals surface area (Å²) in [6.07, 6.45) is 11.6. The number of anilines is 1. The van der Waals surface area contributed by atoms with Crippen LogP contribution in [0.3, 0.4) is 0 Å². The van der Waals surface area contributed by atoms with E-state index in [2.05, 4.69) is 15.6 Å². The number of unbranched alkanes of at least 4 members (excludes halogenated alkanes) is 2. The van der Waals surface area contributed by atoms with Crippen molar-refractivity contribution >= 4 is 63.8 Å². The first-order valence-electron chi connectivity index (χ1n) is 38.1. The molecule has 2 aromatic carbocycles. The molecular weight excluding hydrogens is 1400 g/mol. The Morgan fingerprint density at radius 3 is 1.91 bits per heavy atom. The number of esters is 1. The fourth-order valence-corrected chi connectivity index (χ4v) is 13.3. The number of hydrogen-bond donors (Lipinski definition) is 2. The number of rotatable bonds is 51. The smallest absolute Gasteiger partial charge is 0.508 e. The molecule has 4 aliphatic rings. The number of aromatic hydroxyl groups is 1. The number of carbonyl (C=O) groups excluding carboxylic acids is 8. The van der Waals surface area contributed by atoms with Crippen molar-refractivity contribution in [3.8, 4) is 17.1 Å². The molecule has 2 atom stereocenters. The standard InChI is InChI=1S/C77H101N7O22.C2H6/c1-4-7-8-10-56(73(91)78-57-18-14-54(15-19-57)49-105-76(94)106-77(6-3)66-45-68-72-64(48-83(68)74(92)65(66)52-104-75(77)93)62(5-2)63-44-59(85)21-22-67(63)79-72)43-61(87)51-103-50-60(86)11-9-27-95-29-31-97-33-35-99-37-39-101-41-42-102-40-38-100-36-34-98-32-30-96-28-26-82-47-58(80-81-82)20-23-69(88)55-16-12-53(13-17-55)46-84-70(89)24-25-71(84)90;1-2/h14-15,18-19,21-22,24-25,44-45,47,53,55-56,85H,4-13,16-17,20,23,26-43,46,48-52H2,1-3H3,(H,78,91);1-2H3. The summed E-state index contributed by atoms with van der Waals surface area (Å²) in [4.78, 5) is 123. The minimum absolute atomic E-state index is 0.00448. The van der Waals surface area contributed by atoms with E-state index in [1.807, 2.05) is 33.9 Å². The molecule has 29 nitrogen and oxygen atoms in total. The van der Waals surface area contributed by atoms with Gasteiger partial charge in [0.15, 0.2) is 11.6 Å². The number of aryl methyl sites for hydroxylation is 2. The monoisotopic (exact) mass is 1510 g/mol. The lowest BCUT2D eigenvalue weighted by Gasteiger charge is -2.35. The van der Waals surface area contributed by atoms with Crippen LogP contribution in [0.2, 0.25) is 0 Å². The molecule has 1 fully saturated rings. The molecule has 3 amide bonds. The van der Waals surface area contributed by atoms with Gasteiger partial charge in [0.1, 0.15) is 38.0 Å². The molecule has 2 unspecified atom stereocenters. The Balaban J connectivity index is 0.00000728. The number of amides is 3. The van der Waals surface area contributed by atoms with E-state index in [0.29, 0.717) is 179 Å². The average molecular weight is 1510 g/mol. The lowest BCUT2D eigenvalue weighted by Crippen LogP contribution is -2.47. The number of pyridine rings is 2. The zero-order valence-corrected chi connectivity index (χ0v) is 63.2. The summed E-state index contributed by atoms with van der Waals surface area (Å²) in [7, 11) is 0. The summed E-state index contributed by atoms with van der Waals surface area (Å²) < 4.78 is 70.2. The van der Waals surface area contributed by atoms with Crippen LogP contribution in [-0.2, 0) is 135 Å². The number of aromatic nitrogens is 5. The summed E-state index contributed by atoms with van der Waals surface area (Å²) in [5.41, 5.74) is 3.15. The maximum atomic E-state index is 14.1. The third-order valence-electron chi connectivity index (χ3n) is 19.1. The van der Waals surface area contributed by atoms with Crippen molar-refractivity contribution in [3.63, 3.8) is 0 Å². The number of imide groups is 1. The van der Waals surface area contributed by atoms with Gasteiger partial charge in [-0.2, -0.15) is 0 Å². The quantitative estimate of drug-likeness (QED) is 0.0204. The van der Waals surface area contributed by atoms with Gasteiger partial charge in [-0.05, 0) is 105 Å². The first-order chi connectivity index (χ1) is 52.6. The first kappa shape index (κ1) is 85.1. The van der Waals surface area contributed by atoms with E-state index in [0.717, 1.165) is 67.2 Å². The van der Waals surface area contributed by atoms with Crippen molar-refractivity contribution in [2.45, 2.75) is 163 Å². The number of phenolic OH excluding ortho intramolecular Hbond substituents is 1. The minimum atomic E-state index is -1.99. The molecule has 1 saturated carbocycles. The molecule has 9 rings (SSSR count). The number of phenols is 1. The lowest BCUT2D eigenvalue weighted by atomic mass is 9.79. The molecule has 108 heavy (non-hydrogen) atoms. The number of ether oxygens (including phenoxy) is 12. The number of benzene rings is 2. The molecule has 29 heteroatoms. The average Bonchev–Trinajstić information content (AvgIpc) is 1.49. The molecule has 6 heterocycles. The second-order valence-corrected chi connectivity index (χ2v) is 26.6. The molecule has 3 aromatic heterocycles. The Morgan fingerprint density at radius 1 is 0.685 bits per heavy atom. The van der Waals surface area contributed by atoms with Crippen LogP contribution in [0.4, 0.5) is 10.5 Å². The van der Waals surface area contributed by atoms with Crippen LogP contribution < -0.4 is 10.9 Å². The van der Waals surface area contributed by atoms with Gasteiger partial charge in [0.2, 0.25) is 11.5 Å². The number of cyclic esters (lactones) is 1. The van der Waals surface area contributed by atoms with E-state index in [9.17, 15) is 48.3 Å². The van der Waals surface area contributed by atoms with E-state index in [1.165, 1.54) is 17.1 Å². The fourth-order valence-electron chi connectivity index (χ4n) is 13.3. The van der Waals surface area contributed by atoms with Crippen molar-refractivity contribution in [1.82, 2.24) is 29.4 Å². The number of carbonyl (C=O) groups is 8. The SMILES string of the molecule is CC.CCCCCC(CC(=O)COCC(=O)CCCOCCOCCOCCOCCOCCOCCOCCOCCn1cc(CCC(=O)C2CCC(CN3C(=O)C=CC3=O)CC2)nn1)C(=O)Nc1ccc(COC(=O)OC2(CC)C(=O)OCc3c2cc2n(c3=O)Cc3c-2nc2ccc(O)cc2c3CC)cc1. The molecule has 0 saturated heterocycles. The van der Waals surface area contributed by atoms with Gasteiger partial charge in [0, 0.05) is 91.2 Å². The normalized spacial score (nSPS) is 16.7. The largest absolute Gasteiger partial charge is 0.510 e. The zero-order valence-electron chi connectivity index (χ0n) is 63.2. The Hall–Kier alpha value is -8.52. The molecule has 0 spiro atoms. The van der Waals surface area contributed by atoms with Crippen molar-refractivity contribution in [1.29, 1.82) is 0 Å². The van der Waals surface area contributed by atoms with E-state index in [-0.39, 0.29) is 116 Å². The second kappa shape index (κ2) is 45.5. The van der Waals surface area contributed by atoms with Crippen LogP contribution in [0.15, 0.2) is 71.7 Å². The number of nitrogens with one attached hydrogen (secondary N) is 1. The second-order valence-electron chi connectivity index (χ2n) is 26.6. The number of fused-ring (bicyclic) bond motifs is 5. The van der Waals surface area contributed by atoms with E-state index >= 15 is 0 Å². The van der Waals surface area contributed by atoms with Gasteiger partial charge in [-0.25, -0.2) is 19.3 Å². The van der Waals surface area contributed by atoms with Gasteiger partial charge in [-0.1, -0.05) is 71.2 Å². The first-order valence-corrected chi connectivity index (χ1v) is 38.1. The highest BCUT2D eigenvalue weighted by atomic mass is 16.7. The van der Waals surface area contributed by atoms with E-state index in [1.54, 1.807) is 64.7 Å². The summed E-state index contributed by atoms with van der Waals surface area (Å²) in [6.45, 7) is 16.3. The summed E-state index contributed by atoms with van der Waals surface area (Å²) >= 11 is 0. The summed E-state index contributed by atoms with van der Waals surface area (Å²) in [5.74, 6) is -2.26. The van der Waals surface area contributed by atoms with Gasteiger partial charge in [0.25, 0.3) is 17.4 Å². The molecular formula is C79H107N7O22. The Bertz CT molecular complexity index is 3830. The van der Waals surface area contributed by atoms with Gasteiger partial charge < -0.3 is 71.8 Å². The van der Waals surface area contributed by atoms with Gasteiger partial charge in [0.05, 0.1) is 140 Å². The Morgan fingerprint density at radius 2 is 1.30 bits per heavy atom. The molecule has 0 radical (unpaired) electrons. The third-order valence-corrected chi connectivity index (χ3v) is 19.1. The highest BCUT2D eigenvalue weighted by molar-refractivity contribution is 6.13. The number of nitrogens with zero attached hydrogens (tertiary/aromatic N) is 6. The maximum absolute atomic E-state index is 14.1. The van der Waals surface area contributed by atoms with Crippen LogP contribution in [0.1, 0.15) is 152 Å². The molecule has 2 N–H and O–H groups in total. The molecule has 590 valence electrons. The van der Waals surface area contributed by atoms with Gasteiger partial charge in [-0.3, -0.25) is 38.5 Å². The van der Waals surface area contributed by atoms with Crippen LogP contribution in [-0.4, -0.2) is 207 Å². The Labute approximate surface area is 630 Å². The highest BCUT2D eigenvalue weighted by Crippen LogP contribution is 2.43. The predicted octanol–water partition coefficient (Wildman–Crippen LogP) is 8.85. The highest BCUT2D eigenvalue weighted by Gasteiger charge is 2.51. The van der Waals surface area contributed by atoms with Gasteiger partial charge in [-0.15, -0.1) is 5.10 Å². The number of Topliss-reactive ketones (excluding diaryl/α,β-unsaturated/α-hetero) is 3. The van der Waals surface area contributed by atoms with Crippen LogP contribution in [0, 0.1) is 17.8 Å². The number of ketones is 3. The van der Waals surface area contributed by atoms with E-state index < -0.39 is 29.2 Å². The third kappa shape index (κ3) is 25.5. The molecule has 5 aromatic rings. The molecule has 1 aliphatic carbocycles. The summed E-state index contributed by atoms with van der Waals surface area (Å²) in [6, 6.07) is 13.2. The zero-order chi connectivity index (χ0) is 77.1. The maximum Gasteiger partial charge on any atom is 0.510 e. The van der Waals surface area contributed by atoms with E-state index in [4.69, 9.17) is 61.8 Å². The van der Waals surface area contributed by atoms with Crippen LogP contribution in [0.25, 0.3) is 22.3 Å². The van der Waals surface area contributed by atoms with Crippen molar-refractivity contribution in [3.05, 3.63) is 111 Å². The Kier molecular flexibility index (Phi) is 35.8. The lowest BCUT2D eigenvalue weighted by molar-refractivity contribution is -0.175. The van der Waals surface area contributed by atoms with Crippen molar-refractivity contribution in [2.75, 3.05) is 131 Å². The van der Waals surface area contributed by atoms with Crippen molar-refractivity contribution in [2.24, 2.45) is 17.8 Å². The fraction of sp³-hybridized carbons (Fsp3) is 0.595. The van der Waals surface area contributed by atoms with Gasteiger partial charge >= 0.3 is 12.1 Å². The summed E-state index contributed by atoms with van der Waals surface area (Å²) in [5, 5.41) is 22.3. The molecule has 0 bridgehead atoms. The van der Waals surface area contributed by atoms with Crippen LogP contribution in [0.5, 0.6) is 5.75 Å². The molecule has 3 aliphatic heterocycles. The predicted molar refractivity (Wildman–Crippen MR) is 395 cm³/mol.